The van der Waals surface area contributed by atoms with Gasteiger partial charge in [-0.15, -0.1) is 0 Å². The summed E-state index contributed by atoms with van der Waals surface area (Å²) in [6, 6.07) is 3.43. The van der Waals surface area contributed by atoms with Gasteiger partial charge < -0.3 is 9.73 Å². The molecule has 0 aliphatic heterocycles. The van der Waals surface area contributed by atoms with Gasteiger partial charge in [0, 0.05) is 24.1 Å². The molecule has 1 heterocycles. The zero-order chi connectivity index (χ0) is 13.2. The van der Waals surface area contributed by atoms with Crippen LogP contribution in [-0.2, 0) is 6.42 Å². The fourth-order valence-electron chi connectivity index (χ4n) is 3.93. The van der Waals surface area contributed by atoms with Gasteiger partial charge in [0.2, 0.25) is 0 Å². The third-order valence-corrected chi connectivity index (χ3v) is 5.15. The van der Waals surface area contributed by atoms with Crippen molar-refractivity contribution in [3.8, 4) is 0 Å². The standard InChI is InChI=1S/C17H27NO/c1-12(2)13-5-3-6-14(11-13)18-16-7-4-8-17-15(16)9-10-19-17/h9-10,12-14,16,18H,3-8,11H2,1-2H3. The van der Waals surface area contributed by atoms with Gasteiger partial charge in [-0.25, -0.2) is 0 Å². The summed E-state index contributed by atoms with van der Waals surface area (Å²) in [5.74, 6) is 2.97. The van der Waals surface area contributed by atoms with Gasteiger partial charge in [-0.3, -0.25) is 0 Å². The maximum absolute atomic E-state index is 5.59. The number of hydrogen-bond donors (Lipinski definition) is 1. The zero-order valence-electron chi connectivity index (χ0n) is 12.3. The quantitative estimate of drug-likeness (QED) is 0.869. The van der Waals surface area contributed by atoms with Gasteiger partial charge in [-0.1, -0.05) is 26.7 Å². The Morgan fingerprint density at radius 3 is 2.95 bits per heavy atom. The molecule has 0 bridgehead atoms. The van der Waals surface area contributed by atoms with E-state index in [1.807, 2.05) is 6.26 Å². The van der Waals surface area contributed by atoms with Crippen LogP contribution in [0, 0.1) is 11.8 Å². The lowest BCUT2D eigenvalue weighted by molar-refractivity contribution is 0.215. The molecule has 1 fully saturated rings. The Morgan fingerprint density at radius 1 is 1.21 bits per heavy atom. The third-order valence-electron chi connectivity index (χ3n) is 5.15. The first kappa shape index (κ1) is 13.2. The minimum atomic E-state index is 0.540. The van der Waals surface area contributed by atoms with Crippen molar-refractivity contribution < 1.29 is 4.42 Å². The third kappa shape index (κ3) is 2.89. The van der Waals surface area contributed by atoms with Crippen LogP contribution in [0.1, 0.15) is 69.7 Å². The molecule has 0 spiro atoms. The Bertz CT molecular complexity index is 409. The monoisotopic (exact) mass is 261 g/mol. The van der Waals surface area contributed by atoms with Crippen LogP contribution >= 0.6 is 0 Å². The second-order valence-electron chi connectivity index (χ2n) is 6.78. The van der Waals surface area contributed by atoms with Crippen LogP contribution < -0.4 is 5.32 Å². The number of rotatable bonds is 3. The predicted molar refractivity (Wildman–Crippen MR) is 78.1 cm³/mol. The van der Waals surface area contributed by atoms with Crippen molar-refractivity contribution in [2.75, 3.05) is 0 Å². The molecule has 2 heteroatoms. The van der Waals surface area contributed by atoms with E-state index in [2.05, 4.69) is 25.2 Å². The largest absolute Gasteiger partial charge is 0.469 e. The van der Waals surface area contributed by atoms with Gasteiger partial charge in [-0.05, 0) is 43.6 Å². The first-order valence-corrected chi connectivity index (χ1v) is 8.06. The van der Waals surface area contributed by atoms with Crippen LogP contribution in [0.3, 0.4) is 0 Å². The summed E-state index contributed by atoms with van der Waals surface area (Å²) < 4.78 is 5.59. The van der Waals surface area contributed by atoms with E-state index < -0.39 is 0 Å². The number of furan rings is 1. The topological polar surface area (TPSA) is 25.2 Å². The van der Waals surface area contributed by atoms with E-state index in [9.17, 15) is 0 Å². The lowest BCUT2D eigenvalue weighted by Gasteiger charge is -2.35. The Morgan fingerprint density at radius 2 is 2.11 bits per heavy atom. The molecule has 1 saturated carbocycles. The second-order valence-corrected chi connectivity index (χ2v) is 6.78. The normalized spacial score (nSPS) is 31.4. The van der Waals surface area contributed by atoms with Crippen LogP contribution in [0.15, 0.2) is 16.7 Å². The molecule has 1 aromatic rings. The van der Waals surface area contributed by atoms with Crippen LogP contribution in [0.4, 0.5) is 0 Å². The molecule has 3 rings (SSSR count). The molecule has 2 aliphatic carbocycles. The van der Waals surface area contributed by atoms with Crippen molar-refractivity contribution >= 4 is 0 Å². The average molecular weight is 261 g/mol. The maximum Gasteiger partial charge on any atom is 0.108 e. The number of aryl methyl sites for hydroxylation is 1. The molecule has 0 radical (unpaired) electrons. The van der Waals surface area contributed by atoms with Gasteiger partial charge in [0.25, 0.3) is 0 Å². The van der Waals surface area contributed by atoms with Crippen molar-refractivity contribution in [2.24, 2.45) is 11.8 Å². The summed E-state index contributed by atoms with van der Waals surface area (Å²) in [4.78, 5) is 0. The molecule has 19 heavy (non-hydrogen) atoms. The molecule has 1 aromatic heterocycles. The fraction of sp³-hybridized carbons (Fsp3) is 0.765. The van der Waals surface area contributed by atoms with Gasteiger partial charge in [-0.2, -0.15) is 0 Å². The Labute approximate surface area is 117 Å². The van der Waals surface area contributed by atoms with Crippen LogP contribution in [0.2, 0.25) is 0 Å². The van der Waals surface area contributed by atoms with Crippen molar-refractivity contribution in [3.63, 3.8) is 0 Å². The van der Waals surface area contributed by atoms with Crippen molar-refractivity contribution in [2.45, 2.75) is 70.9 Å². The maximum atomic E-state index is 5.59. The van der Waals surface area contributed by atoms with E-state index in [0.717, 1.165) is 18.3 Å². The van der Waals surface area contributed by atoms with Gasteiger partial charge in [0.05, 0.1) is 6.26 Å². The molecular formula is C17H27NO. The average Bonchev–Trinajstić information content (AvgIpc) is 2.88. The molecule has 0 amide bonds. The summed E-state index contributed by atoms with van der Waals surface area (Å²) in [5, 5.41) is 3.92. The molecule has 106 valence electrons. The van der Waals surface area contributed by atoms with Crippen molar-refractivity contribution in [1.29, 1.82) is 0 Å². The van der Waals surface area contributed by atoms with Crippen molar-refractivity contribution in [1.82, 2.24) is 5.32 Å². The Hall–Kier alpha value is -0.760. The van der Waals surface area contributed by atoms with E-state index in [1.165, 1.54) is 49.8 Å². The summed E-state index contributed by atoms with van der Waals surface area (Å²) in [7, 11) is 0. The molecule has 2 nitrogen and oxygen atoms in total. The SMILES string of the molecule is CC(C)C1CCCC(NC2CCCc3occc32)C1. The first-order chi connectivity index (χ1) is 9.24. The van der Waals surface area contributed by atoms with Crippen LogP contribution in [-0.4, -0.2) is 6.04 Å². The highest BCUT2D eigenvalue weighted by atomic mass is 16.3. The minimum Gasteiger partial charge on any atom is -0.469 e. The highest BCUT2D eigenvalue weighted by molar-refractivity contribution is 5.24. The summed E-state index contributed by atoms with van der Waals surface area (Å²) in [6.45, 7) is 4.75. The fourth-order valence-corrected chi connectivity index (χ4v) is 3.93. The smallest absolute Gasteiger partial charge is 0.108 e. The summed E-state index contributed by atoms with van der Waals surface area (Å²) in [5.41, 5.74) is 1.43. The molecule has 0 aromatic carbocycles. The lowest BCUT2D eigenvalue weighted by atomic mass is 9.78. The molecule has 3 atom stereocenters. The highest BCUT2D eigenvalue weighted by Crippen LogP contribution is 2.34. The summed E-state index contributed by atoms with van der Waals surface area (Å²) in [6.07, 6.45) is 11.1. The van der Waals surface area contributed by atoms with Crippen LogP contribution in [0.5, 0.6) is 0 Å². The predicted octanol–water partition coefficient (Wildman–Crippen LogP) is 4.46. The lowest BCUT2D eigenvalue weighted by Crippen LogP contribution is -2.38. The number of fused-ring (bicyclic) bond motifs is 1. The van der Waals surface area contributed by atoms with E-state index in [-0.39, 0.29) is 0 Å². The van der Waals surface area contributed by atoms with Gasteiger partial charge in [0.15, 0.2) is 0 Å². The van der Waals surface area contributed by atoms with E-state index in [4.69, 9.17) is 4.42 Å². The van der Waals surface area contributed by atoms with E-state index in [0.29, 0.717) is 12.1 Å². The number of nitrogens with one attached hydrogen (secondary N) is 1. The molecular weight excluding hydrogens is 234 g/mol. The number of hydrogen-bond acceptors (Lipinski definition) is 2. The second kappa shape index (κ2) is 5.70. The zero-order valence-corrected chi connectivity index (χ0v) is 12.3. The Kier molecular flexibility index (Phi) is 3.97. The Balaban J connectivity index is 1.63. The molecule has 3 unspecified atom stereocenters. The van der Waals surface area contributed by atoms with E-state index in [1.54, 1.807) is 0 Å². The molecule has 0 saturated heterocycles. The molecule has 2 aliphatic rings. The van der Waals surface area contributed by atoms with Crippen molar-refractivity contribution in [3.05, 3.63) is 23.7 Å². The van der Waals surface area contributed by atoms with E-state index >= 15 is 0 Å². The van der Waals surface area contributed by atoms with Gasteiger partial charge in [0.1, 0.15) is 5.76 Å². The minimum absolute atomic E-state index is 0.540. The highest BCUT2D eigenvalue weighted by Gasteiger charge is 2.28. The van der Waals surface area contributed by atoms with Gasteiger partial charge >= 0.3 is 0 Å². The molecule has 1 N–H and O–H groups in total. The van der Waals surface area contributed by atoms with Crippen LogP contribution in [0.25, 0.3) is 0 Å². The first-order valence-electron chi connectivity index (χ1n) is 8.06. The summed E-state index contributed by atoms with van der Waals surface area (Å²) >= 11 is 0.